The van der Waals surface area contributed by atoms with Crippen molar-refractivity contribution in [1.82, 2.24) is 0 Å². The first kappa shape index (κ1) is 85.0. The summed E-state index contributed by atoms with van der Waals surface area (Å²) in [6.45, 7) is 38.5. The second-order valence-electron chi connectivity index (χ2n) is 34.5. The van der Waals surface area contributed by atoms with Crippen LogP contribution in [-0.4, -0.2) is 16.2 Å². The topological polar surface area (TPSA) is 66.8 Å². The second-order valence-corrected chi connectivity index (χ2v) is 34.5. The van der Waals surface area contributed by atoms with E-state index in [1.165, 1.54) is 149 Å². The summed E-state index contributed by atoms with van der Waals surface area (Å²) < 4.78 is 6.07. The van der Waals surface area contributed by atoms with Crippen LogP contribution in [0.15, 0.2) is 328 Å². The minimum atomic E-state index is -0.850. The Morgan fingerprint density at radius 2 is 0.615 bits per heavy atom. The average Bonchev–Trinajstić information content (AvgIpc) is 1.61. The number of esters is 1. The first-order valence-corrected chi connectivity index (χ1v) is 42.6. The molecule has 0 amide bonds. The number of ether oxygens (including phenoxy) is 1. The summed E-state index contributed by atoms with van der Waals surface area (Å²) in [5.74, 6) is 0.0338. The molecule has 2 aliphatic rings. The van der Waals surface area contributed by atoms with Gasteiger partial charge in [0.15, 0.2) is 5.60 Å². The van der Waals surface area contributed by atoms with E-state index in [-0.39, 0.29) is 22.9 Å². The highest BCUT2D eigenvalue weighted by atomic mass is 16.6. The van der Waals surface area contributed by atoms with Crippen LogP contribution in [-0.2, 0) is 22.2 Å². The molecule has 122 heavy (non-hydrogen) atoms. The van der Waals surface area contributed by atoms with Crippen LogP contribution in [0.25, 0.3) is 98.0 Å². The van der Waals surface area contributed by atoms with Gasteiger partial charge in [0.2, 0.25) is 0 Å². The third-order valence-electron chi connectivity index (χ3n) is 24.4. The Morgan fingerprint density at radius 3 is 1.04 bits per heavy atom. The Kier molecular flexibility index (Phi) is 25.3. The molecule has 0 heterocycles. The summed E-state index contributed by atoms with van der Waals surface area (Å²) >= 11 is 0. The van der Waals surface area contributed by atoms with E-state index in [4.69, 9.17) is 4.74 Å². The van der Waals surface area contributed by atoms with Crippen LogP contribution in [0, 0.1) is 104 Å². The molecule has 0 saturated heterocycles. The molecule has 20 rings (SSSR count). The summed E-state index contributed by atoms with van der Waals surface area (Å²) in [4.78, 5) is 12.9. The van der Waals surface area contributed by atoms with E-state index in [1.54, 1.807) is 12.1 Å². The normalized spacial score (nSPS) is 11.8. The van der Waals surface area contributed by atoms with Crippen LogP contribution >= 0.6 is 0 Å². The molecule has 0 spiro atoms. The largest absolute Gasteiger partial charge is 0.507 e. The quantitative estimate of drug-likeness (QED) is 0.133. The summed E-state index contributed by atoms with van der Waals surface area (Å²) in [7, 11) is 0. The van der Waals surface area contributed by atoms with E-state index in [0.717, 1.165) is 61.3 Å². The number of hydrogen-bond donors (Lipinski definition) is 2. The van der Waals surface area contributed by atoms with Crippen molar-refractivity contribution in [3.63, 3.8) is 0 Å². The summed E-state index contributed by atoms with van der Waals surface area (Å²) in [6.07, 6.45) is 1.11. The number of aryl methyl sites for hydroxylation is 15. The van der Waals surface area contributed by atoms with Crippen LogP contribution in [0.1, 0.15) is 148 Å². The molecule has 0 saturated carbocycles. The Labute approximate surface area is 722 Å². The molecule has 18 aromatic carbocycles. The van der Waals surface area contributed by atoms with Gasteiger partial charge in [-0.3, -0.25) is 0 Å². The van der Waals surface area contributed by atoms with E-state index in [2.05, 4.69) is 290 Å². The number of carbonyl (C=O) groups excluding carboxylic acids is 1. The van der Waals surface area contributed by atoms with Crippen molar-refractivity contribution in [1.29, 1.82) is 0 Å². The lowest BCUT2D eigenvalue weighted by atomic mass is 9.81. The SMILES string of the molecule is Cc1c2ccccc2c(C)c2ccccc12.Cc1cc(C)c2cc(C)ccc2c1.Cc1cc(C)cc(C(=O)OC(C)(c2ccccc2)c2ccccc2)c1.Cc1ccc(C)c2ccccc12.Cc1ccc2c(-c3c(O)ccc4cc(C)ccc34)c(O)ccc2c1.Cc1ccc2c(c1)C(C)(C)c1cc(C)ccc1-2.Cc1ccc2c(c1)Cc1cc(C)ccc1-2. The van der Waals surface area contributed by atoms with Crippen molar-refractivity contribution in [3.05, 3.63) is 450 Å². The Hall–Kier alpha value is -13.4. The molecule has 0 aliphatic heterocycles. The molecule has 0 unspecified atom stereocenters. The van der Waals surface area contributed by atoms with Crippen molar-refractivity contribution in [2.45, 2.75) is 142 Å². The standard InChI is InChI=1S/C23H22O2.C22H18O2.C17H18.C16H14.C15H14.C13H14.C12H12/c1-17-14-18(2)16-19(15-17)22(24)25-23(3,20-10-6-4-7-11-20)21-12-8-5-9-13-21;1-13-3-7-17-15(11-13)5-9-19(23)21(17)22-18-8-4-14(2)12-16(18)6-10-20(22)24;1-11-5-7-13-14-8-6-12(2)10-16(14)17(3,4)15(13)9-11;1-11-13-7-3-5-9-15(13)12(2)16-10-6-4-8-14(11)16;1-10-3-5-14-12(7-10)9-13-8-11(2)4-6-15(13)14;1-9-4-5-12-7-10(2)6-11(3)13(12)8-9;1-9-7-8-10(2)12-6-4-3-5-11(9)12/h4-16H,1-3H3;3-12,23-24H,1-2H3;5-10H,1-4H3;3-10H,1-2H3;3-8H,9H2,1-2H3;4-8H,1-3H3;3-8H,1-2H3. The Morgan fingerprint density at radius 1 is 0.287 bits per heavy atom. The highest BCUT2D eigenvalue weighted by Gasteiger charge is 2.36. The monoisotopic (exact) mass is 1590 g/mol. The van der Waals surface area contributed by atoms with E-state index in [9.17, 15) is 15.0 Å². The van der Waals surface area contributed by atoms with Crippen LogP contribution in [0.2, 0.25) is 0 Å². The van der Waals surface area contributed by atoms with Gasteiger partial charge in [0.05, 0.1) is 5.56 Å². The van der Waals surface area contributed by atoms with Crippen LogP contribution in [0.5, 0.6) is 11.5 Å². The fourth-order valence-electron chi connectivity index (χ4n) is 18.0. The molecule has 0 bridgehead atoms. The van der Waals surface area contributed by atoms with Crippen molar-refractivity contribution in [2.75, 3.05) is 0 Å². The molecule has 0 aromatic heterocycles. The molecule has 4 heteroatoms. The van der Waals surface area contributed by atoms with E-state index in [0.29, 0.717) is 16.7 Å². The third kappa shape index (κ3) is 18.3. The maximum Gasteiger partial charge on any atom is 0.339 e. The van der Waals surface area contributed by atoms with Crippen LogP contribution < -0.4 is 0 Å². The number of carbonyl (C=O) groups is 1. The molecule has 608 valence electrons. The third-order valence-corrected chi connectivity index (χ3v) is 24.4. The van der Waals surface area contributed by atoms with E-state index >= 15 is 0 Å². The van der Waals surface area contributed by atoms with Gasteiger partial charge < -0.3 is 14.9 Å². The molecular formula is C118H112O4. The second kappa shape index (κ2) is 36.3. The molecule has 2 N–H and O–H groups in total. The predicted molar refractivity (Wildman–Crippen MR) is 521 cm³/mol. The number of rotatable bonds is 5. The van der Waals surface area contributed by atoms with Crippen molar-refractivity contribution >= 4 is 70.6 Å². The van der Waals surface area contributed by atoms with Crippen LogP contribution in [0.3, 0.4) is 0 Å². The van der Waals surface area contributed by atoms with Gasteiger partial charge in [-0.25, -0.2) is 4.79 Å². The first-order valence-electron chi connectivity index (χ1n) is 42.6. The number of fused-ring (bicyclic) bond motifs is 12. The zero-order chi connectivity index (χ0) is 86.4. The number of aromatic hydroxyl groups is 2. The van der Waals surface area contributed by atoms with E-state index in [1.807, 2.05) is 150 Å². The van der Waals surface area contributed by atoms with Crippen LogP contribution in [0.4, 0.5) is 0 Å². The smallest absolute Gasteiger partial charge is 0.339 e. The lowest BCUT2D eigenvalue weighted by Crippen LogP contribution is -2.30. The van der Waals surface area contributed by atoms with Crippen molar-refractivity contribution < 1.29 is 19.7 Å². The molecule has 4 nitrogen and oxygen atoms in total. The fraction of sp³-hybridized carbons (Fsp3) is 0.178. The first-order chi connectivity index (χ1) is 58.5. The minimum absolute atomic E-state index is 0.142. The lowest BCUT2D eigenvalue weighted by Gasteiger charge is -2.31. The molecule has 0 atom stereocenters. The van der Waals surface area contributed by atoms with Crippen molar-refractivity contribution in [3.8, 4) is 44.9 Å². The van der Waals surface area contributed by atoms with Gasteiger partial charge >= 0.3 is 5.97 Å². The number of phenolic OH excluding ortho intramolecular Hbond substituents is 2. The summed E-state index contributed by atoms with van der Waals surface area (Å²) in [5.41, 5.74) is 34.1. The van der Waals surface area contributed by atoms with Gasteiger partial charge in [-0.2, -0.15) is 0 Å². The molecule has 18 aromatic rings. The Balaban J connectivity index is 0.000000118. The maximum absolute atomic E-state index is 12.9. The highest BCUT2D eigenvalue weighted by Crippen LogP contribution is 2.50. The fourth-order valence-corrected chi connectivity index (χ4v) is 18.0. The zero-order valence-electron chi connectivity index (χ0n) is 74.1. The zero-order valence-corrected chi connectivity index (χ0v) is 74.1. The van der Waals surface area contributed by atoms with Gasteiger partial charge in [-0.05, 0) is 290 Å². The van der Waals surface area contributed by atoms with Gasteiger partial charge in [0.25, 0.3) is 0 Å². The molecule has 2 aliphatic carbocycles. The molecular weight excluding hydrogens is 1480 g/mol. The van der Waals surface area contributed by atoms with Gasteiger partial charge in [-0.1, -0.05) is 373 Å². The predicted octanol–water partition coefficient (Wildman–Crippen LogP) is 31.4. The highest BCUT2D eigenvalue weighted by molar-refractivity contribution is 6.10. The Bertz CT molecular complexity index is 6550. The van der Waals surface area contributed by atoms with Gasteiger partial charge in [-0.15, -0.1) is 0 Å². The van der Waals surface area contributed by atoms with Gasteiger partial charge in [0.1, 0.15) is 11.5 Å². The summed E-state index contributed by atoms with van der Waals surface area (Å²) in [6, 6.07) is 113. The minimum Gasteiger partial charge on any atom is -0.507 e. The van der Waals surface area contributed by atoms with Gasteiger partial charge in [0, 0.05) is 16.5 Å². The van der Waals surface area contributed by atoms with Crippen molar-refractivity contribution in [2.24, 2.45) is 0 Å². The lowest BCUT2D eigenvalue weighted by molar-refractivity contribution is 0.00612. The average molecular weight is 1590 g/mol. The number of hydrogen-bond acceptors (Lipinski definition) is 4. The molecule has 0 fully saturated rings. The molecule has 0 radical (unpaired) electrons. The number of phenols is 2. The number of benzene rings is 18. The summed E-state index contributed by atoms with van der Waals surface area (Å²) in [5, 5.41) is 36.1. The van der Waals surface area contributed by atoms with E-state index < -0.39 is 5.60 Å². The maximum atomic E-state index is 12.9.